The third-order valence-corrected chi connectivity index (χ3v) is 7.32. The highest BCUT2D eigenvalue weighted by atomic mass is 19.4. The SMILES string of the molecule is CCCC[C@H]1CC[C@H](CCc2ccc3c(F)c(-c4cc(F)c(OC(F)(F)F)c(F)c4)ccc3c2)CC1. The number of benzene rings is 3. The zero-order chi connectivity index (χ0) is 25.9. The fraction of sp³-hybridized carbons (Fsp3) is 0.448. The largest absolute Gasteiger partial charge is 0.573 e. The van der Waals surface area contributed by atoms with Gasteiger partial charge in [0, 0.05) is 10.9 Å². The summed E-state index contributed by atoms with van der Waals surface area (Å²) in [6.45, 7) is 2.23. The van der Waals surface area contributed by atoms with Crippen LogP contribution in [0.25, 0.3) is 21.9 Å². The summed E-state index contributed by atoms with van der Waals surface area (Å²) in [4.78, 5) is 0. The molecule has 1 aliphatic rings. The van der Waals surface area contributed by atoms with E-state index in [1.54, 1.807) is 12.1 Å². The Morgan fingerprint density at radius 3 is 2.08 bits per heavy atom. The lowest BCUT2D eigenvalue weighted by Crippen LogP contribution is -2.19. The monoisotopic (exact) mass is 508 g/mol. The van der Waals surface area contributed by atoms with Crippen LogP contribution in [-0.2, 0) is 6.42 Å². The molecular weight excluding hydrogens is 478 g/mol. The van der Waals surface area contributed by atoms with E-state index in [0.29, 0.717) is 23.4 Å². The Balaban J connectivity index is 1.46. The first-order valence-electron chi connectivity index (χ1n) is 12.6. The maximum atomic E-state index is 15.3. The van der Waals surface area contributed by atoms with Crippen LogP contribution in [-0.4, -0.2) is 6.36 Å². The molecule has 0 radical (unpaired) electrons. The minimum Gasteiger partial charge on any atom is -0.399 e. The van der Waals surface area contributed by atoms with Gasteiger partial charge in [-0.15, -0.1) is 13.2 Å². The Bertz CT molecular complexity index is 1170. The number of rotatable bonds is 8. The highest BCUT2D eigenvalue weighted by Crippen LogP contribution is 2.37. The molecule has 0 N–H and O–H groups in total. The molecule has 0 aliphatic heterocycles. The van der Waals surface area contributed by atoms with Gasteiger partial charge in [0.25, 0.3) is 0 Å². The Kier molecular flexibility index (Phi) is 8.16. The molecule has 1 aliphatic carbocycles. The Morgan fingerprint density at radius 1 is 0.833 bits per heavy atom. The quantitative estimate of drug-likeness (QED) is 0.275. The predicted molar refractivity (Wildman–Crippen MR) is 129 cm³/mol. The lowest BCUT2D eigenvalue weighted by Gasteiger charge is -2.28. The highest BCUT2D eigenvalue weighted by Gasteiger charge is 2.34. The number of ether oxygens (including phenoxy) is 1. The minimum atomic E-state index is -5.25. The molecule has 0 unspecified atom stereocenters. The molecule has 4 rings (SSSR count). The van der Waals surface area contributed by atoms with Crippen molar-refractivity contribution >= 4 is 10.8 Å². The van der Waals surface area contributed by atoms with Gasteiger partial charge in [0.1, 0.15) is 5.82 Å². The van der Waals surface area contributed by atoms with E-state index in [2.05, 4.69) is 11.7 Å². The number of halogens is 6. The van der Waals surface area contributed by atoms with Gasteiger partial charge >= 0.3 is 6.36 Å². The van der Waals surface area contributed by atoms with Crippen LogP contribution in [0, 0.1) is 29.3 Å². The van der Waals surface area contributed by atoms with Crippen LogP contribution in [0.15, 0.2) is 42.5 Å². The average molecular weight is 509 g/mol. The van der Waals surface area contributed by atoms with Crippen molar-refractivity contribution < 1.29 is 31.1 Å². The second-order valence-electron chi connectivity index (χ2n) is 9.87. The maximum Gasteiger partial charge on any atom is 0.573 e. The van der Waals surface area contributed by atoms with Crippen molar-refractivity contribution in [2.24, 2.45) is 11.8 Å². The van der Waals surface area contributed by atoms with Crippen LogP contribution < -0.4 is 4.74 Å². The number of aryl methyl sites for hydroxylation is 1. The Hall–Kier alpha value is -2.70. The van der Waals surface area contributed by atoms with Gasteiger partial charge in [-0.3, -0.25) is 0 Å². The van der Waals surface area contributed by atoms with Gasteiger partial charge in [-0.05, 0) is 53.3 Å². The first-order valence-corrected chi connectivity index (χ1v) is 12.6. The van der Waals surface area contributed by atoms with Crippen molar-refractivity contribution in [1.29, 1.82) is 0 Å². The van der Waals surface area contributed by atoms with Crippen molar-refractivity contribution in [3.05, 3.63) is 65.5 Å². The van der Waals surface area contributed by atoms with E-state index in [9.17, 15) is 22.0 Å². The summed E-state index contributed by atoms with van der Waals surface area (Å²) in [7, 11) is 0. The molecule has 36 heavy (non-hydrogen) atoms. The molecule has 194 valence electrons. The van der Waals surface area contributed by atoms with Crippen molar-refractivity contribution in [2.75, 3.05) is 0 Å². The second-order valence-corrected chi connectivity index (χ2v) is 9.87. The molecule has 0 aromatic heterocycles. The number of hydrogen-bond acceptors (Lipinski definition) is 1. The number of alkyl halides is 3. The van der Waals surface area contributed by atoms with Gasteiger partial charge in [0.2, 0.25) is 5.75 Å². The van der Waals surface area contributed by atoms with Crippen molar-refractivity contribution in [1.82, 2.24) is 0 Å². The molecule has 1 fully saturated rings. The third kappa shape index (κ3) is 6.34. The second kappa shape index (κ2) is 11.1. The van der Waals surface area contributed by atoms with Crippen LogP contribution in [0.1, 0.15) is 63.9 Å². The standard InChI is InChI=1S/C29H30F6O/c1-2-3-4-18-5-7-19(8-6-18)9-10-20-11-13-23-21(15-20)12-14-24(27(23)32)22-16-25(30)28(26(31)17-22)36-29(33,34)35/h11-19H,2-10H2,1H3/t18-,19-. The van der Waals surface area contributed by atoms with Crippen LogP contribution >= 0.6 is 0 Å². The van der Waals surface area contributed by atoms with E-state index in [-0.39, 0.29) is 16.5 Å². The lowest BCUT2D eigenvalue weighted by molar-refractivity contribution is -0.276. The summed E-state index contributed by atoms with van der Waals surface area (Å²) in [5.41, 5.74) is 0.789. The van der Waals surface area contributed by atoms with Gasteiger partial charge in [0.15, 0.2) is 11.6 Å². The molecule has 1 nitrogen and oxygen atoms in total. The molecule has 0 bridgehead atoms. The zero-order valence-corrected chi connectivity index (χ0v) is 20.2. The van der Waals surface area contributed by atoms with Crippen LogP contribution in [0.3, 0.4) is 0 Å². The molecule has 0 atom stereocenters. The molecule has 0 spiro atoms. The maximum absolute atomic E-state index is 15.3. The topological polar surface area (TPSA) is 9.23 Å². The summed E-state index contributed by atoms with van der Waals surface area (Å²) in [6, 6.07) is 9.77. The molecule has 7 heteroatoms. The van der Waals surface area contributed by atoms with E-state index in [1.807, 2.05) is 12.1 Å². The Morgan fingerprint density at radius 2 is 1.47 bits per heavy atom. The van der Waals surface area contributed by atoms with Gasteiger partial charge in [-0.25, -0.2) is 13.2 Å². The molecule has 0 saturated heterocycles. The molecule has 1 saturated carbocycles. The van der Waals surface area contributed by atoms with Crippen molar-refractivity contribution in [3.63, 3.8) is 0 Å². The first kappa shape index (κ1) is 26.4. The van der Waals surface area contributed by atoms with Crippen LogP contribution in [0.5, 0.6) is 5.75 Å². The van der Waals surface area contributed by atoms with E-state index in [1.165, 1.54) is 51.0 Å². The zero-order valence-electron chi connectivity index (χ0n) is 20.2. The summed E-state index contributed by atoms with van der Waals surface area (Å²) in [6.07, 6.45) is 5.79. The summed E-state index contributed by atoms with van der Waals surface area (Å²) < 4.78 is 84.2. The van der Waals surface area contributed by atoms with Crippen LogP contribution in [0.2, 0.25) is 0 Å². The minimum absolute atomic E-state index is 0.105. The van der Waals surface area contributed by atoms with Gasteiger partial charge in [-0.2, -0.15) is 0 Å². The molecule has 3 aromatic carbocycles. The van der Waals surface area contributed by atoms with Crippen molar-refractivity contribution in [3.8, 4) is 16.9 Å². The summed E-state index contributed by atoms with van der Waals surface area (Å²) in [5, 5.41) is 0.944. The van der Waals surface area contributed by atoms with E-state index in [4.69, 9.17) is 0 Å². The molecule has 3 aromatic rings. The van der Waals surface area contributed by atoms with Crippen molar-refractivity contribution in [2.45, 2.75) is 71.1 Å². The van der Waals surface area contributed by atoms with Gasteiger partial charge in [-0.1, -0.05) is 82.2 Å². The van der Waals surface area contributed by atoms with E-state index < -0.39 is 29.6 Å². The lowest BCUT2D eigenvalue weighted by atomic mass is 9.78. The average Bonchev–Trinajstić information content (AvgIpc) is 2.84. The van der Waals surface area contributed by atoms with Crippen LogP contribution in [0.4, 0.5) is 26.3 Å². The summed E-state index contributed by atoms with van der Waals surface area (Å²) >= 11 is 0. The fourth-order valence-electron chi connectivity index (χ4n) is 5.32. The third-order valence-electron chi connectivity index (χ3n) is 7.32. The predicted octanol–water partition coefficient (Wildman–Crippen LogP) is 9.75. The number of fused-ring (bicyclic) bond motifs is 1. The van der Waals surface area contributed by atoms with E-state index in [0.717, 1.165) is 24.3 Å². The first-order chi connectivity index (χ1) is 17.1. The molecule has 0 amide bonds. The van der Waals surface area contributed by atoms with Gasteiger partial charge < -0.3 is 4.74 Å². The Labute approximate surface area is 207 Å². The smallest absolute Gasteiger partial charge is 0.399 e. The fourth-order valence-corrected chi connectivity index (χ4v) is 5.32. The van der Waals surface area contributed by atoms with E-state index >= 15 is 4.39 Å². The molecular formula is C29H30F6O. The van der Waals surface area contributed by atoms with Gasteiger partial charge in [0.05, 0.1) is 0 Å². The number of hydrogen-bond donors (Lipinski definition) is 0. The number of unbranched alkanes of at least 4 members (excludes halogenated alkanes) is 1. The summed E-state index contributed by atoms with van der Waals surface area (Å²) in [5.74, 6) is -3.78. The molecule has 0 heterocycles. The normalized spacial score (nSPS) is 18.5. The highest BCUT2D eigenvalue weighted by molar-refractivity contribution is 5.88.